The molecule has 2 aromatic heterocycles. The lowest BCUT2D eigenvalue weighted by Crippen LogP contribution is -2.23. The molecule has 0 bridgehead atoms. The van der Waals surface area contributed by atoms with Gasteiger partial charge >= 0.3 is 0 Å². The Bertz CT molecular complexity index is 653. The van der Waals surface area contributed by atoms with Crippen molar-refractivity contribution in [2.75, 3.05) is 5.73 Å². The van der Waals surface area contributed by atoms with E-state index in [1.54, 1.807) is 6.26 Å². The van der Waals surface area contributed by atoms with Gasteiger partial charge in [0.25, 0.3) is 5.82 Å². The molecule has 0 saturated carbocycles. The molecule has 0 aliphatic heterocycles. The van der Waals surface area contributed by atoms with Gasteiger partial charge in [-0.05, 0) is 31.4 Å². The van der Waals surface area contributed by atoms with Crippen molar-refractivity contribution in [3.05, 3.63) is 35.2 Å². The number of aromatic amines is 1. The Hall–Kier alpha value is -2.28. The molecule has 0 aromatic carbocycles. The highest BCUT2D eigenvalue weighted by molar-refractivity contribution is 5.74. The quantitative estimate of drug-likeness (QED) is 0.863. The fourth-order valence-corrected chi connectivity index (χ4v) is 2.99. The van der Waals surface area contributed by atoms with Gasteiger partial charge in [0.15, 0.2) is 5.56 Å². The second kappa shape index (κ2) is 5.38. The zero-order valence-corrected chi connectivity index (χ0v) is 11.4. The number of nitrogens with two attached hydrogens (primary N) is 1. The highest BCUT2D eigenvalue weighted by Crippen LogP contribution is 2.33. The highest BCUT2D eigenvalue weighted by atomic mass is 16.3. The molecule has 4 heteroatoms. The van der Waals surface area contributed by atoms with Crippen molar-refractivity contribution in [1.29, 1.82) is 5.26 Å². The van der Waals surface area contributed by atoms with E-state index in [9.17, 15) is 5.26 Å². The summed E-state index contributed by atoms with van der Waals surface area (Å²) in [5, 5.41) is 9.43. The molecule has 4 nitrogen and oxygen atoms in total. The van der Waals surface area contributed by atoms with Crippen LogP contribution in [0.15, 0.2) is 22.8 Å². The van der Waals surface area contributed by atoms with Gasteiger partial charge in [0, 0.05) is 12.0 Å². The molecule has 3 rings (SSSR count). The van der Waals surface area contributed by atoms with E-state index >= 15 is 0 Å². The summed E-state index contributed by atoms with van der Waals surface area (Å²) in [6.07, 6.45) is 8.39. The first-order chi connectivity index (χ1) is 9.81. The number of aryl methyl sites for hydroxylation is 1. The summed E-state index contributed by atoms with van der Waals surface area (Å²) in [7, 11) is 0. The van der Waals surface area contributed by atoms with Gasteiger partial charge in [-0.3, -0.25) is 5.73 Å². The zero-order chi connectivity index (χ0) is 13.9. The van der Waals surface area contributed by atoms with E-state index in [4.69, 9.17) is 10.2 Å². The summed E-state index contributed by atoms with van der Waals surface area (Å²) in [5.74, 6) is 1.18. The van der Waals surface area contributed by atoms with Crippen LogP contribution in [-0.4, -0.2) is 0 Å². The SMILES string of the molecule is N#Cc1c(N)[nH+]c2c(c1-c1ccco1)CCCCCC2. The van der Waals surface area contributed by atoms with Crippen LogP contribution >= 0.6 is 0 Å². The van der Waals surface area contributed by atoms with E-state index in [1.807, 2.05) is 12.1 Å². The molecule has 0 fully saturated rings. The topological polar surface area (TPSA) is 77.1 Å². The van der Waals surface area contributed by atoms with E-state index in [1.165, 1.54) is 18.4 Å². The van der Waals surface area contributed by atoms with Crippen molar-refractivity contribution in [3.63, 3.8) is 0 Å². The highest BCUT2D eigenvalue weighted by Gasteiger charge is 2.24. The van der Waals surface area contributed by atoms with Crippen LogP contribution in [0.5, 0.6) is 0 Å². The monoisotopic (exact) mass is 268 g/mol. The van der Waals surface area contributed by atoms with Crippen LogP contribution in [-0.2, 0) is 12.8 Å². The Morgan fingerprint density at radius 2 is 2.00 bits per heavy atom. The van der Waals surface area contributed by atoms with Crippen LogP contribution in [0.4, 0.5) is 5.82 Å². The number of aromatic nitrogens is 1. The maximum Gasteiger partial charge on any atom is 0.289 e. The Morgan fingerprint density at radius 3 is 2.70 bits per heavy atom. The number of rotatable bonds is 1. The Kier molecular flexibility index (Phi) is 3.42. The molecule has 1 aliphatic carbocycles. The molecule has 3 N–H and O–H groups in total. The summed E-state index contributed by atoms with van der Waals surface area (Å²) in [5.41, 5.74) is 9.77. The average Bonchev–Trinajstić information content (AvgIpc) is 2.93. The van der Waals surface area contributed by atoms with Crippen LogP contribution in [0.3, 0.4) is 0 Å². The summed E-state index contributed by atoms with van der Waals surface area (Å²) in [6, 6.07) is 5.97. The lowest BCUT2D eigenvalue weighted by molar-refractivity contribution is -0.374. The number of pyridine rings is 1. The number of anilines is 1. The van der Waals surface area contributed by atoms with Gasteiger partial charge < -0.3 is 4.42 Å². The molecular weight excluding hydrogens is 250 g/mol. The molecule has 0 amide bonds. The molecule has 2 heterocycles. The predicted molar refractivity (Wildman–Crippen MR) is 75.7 cm³/mol. The average molecular weight is 268 g/mol. The minimum absolute atomic E-state index is 0.443. The zero-order valence-electron chi connectivity index (χ0n) is 11.4. The maximum absolute atomic E-state index is 9.43. The van der Waals surface area contributed by atoms with E-state index in [0.29, 0.717) is 11.4 Å². The van der Waals surface area contributed by atoms with Crippen molar-refractivity contribution in [2.45, 2.75) is 38.5 Å². The molecule has 20 heavy (non-hydrogen) atoms. The molecule has 2 aromatic rings. The number of furan rings is 1. The number of nitrogens with zero attached hydrogens (tertiary/aromatic N) is 1. The van der Waals surface area contributed by atoms with Crippen molar-refractivity contribution < 1.29 is 9.40 Å². The van der Waals surface area contributed by atoms with Gasteiger partial charge in [0.05, 0.1) is 11.8 Å². The fourth-order valence-electron chi connectivity index (χ4n) is 2.99. The lowest BCUT2D eigenvalue weighted by atomic mass is 9.90. The fraction of sp³-hybridized carbons (Fsp3) is 0.375. The van der Waals surface area contributed by atoms with E-state index in [-0.39, 0.29) is 0 Å². The number of nitrogens with one attached hydrogen (secondary N) is 1. The molecule has 0 radical (unpaired) electrons. The maximum atomic E-state index is 9.43. The molecule has 0 saturated heterocycles. The van der Waals surface area contributed by atoms with Gasteiger partial charge in [0.1, 0.15) is 17.5 Å². The molecule has 0 atom stereocenters. The normalized spacial score (nSPS) is 14.9. The Labute approximate surface area is 118 Å². The van der Waals surface area contributed by atoms with Crippen LogP contribution < -0.4 is 10.7 Å². The summed E-state index contributed by atoms with van der Waals surface area (Å²) in [6.45, 7) is 0. The second-order valence-corrected chi connectivity index (χ2v) is 5.25. The number of nitriles is 1. The lowest BCUT2D eigenvalue weighted by Gasteiger charge is -2.15. The van der Waals surface area contributed by atoms with Gasteiger partial charge in [-0.15, -0.1) is 0 Å². The van der Waals surface area contributed by atoms with Gasteiger partial charge in [0.2, 0.25) is 0 Å². The van der Waals surface area contributed by atoms with E-state index in [0.717, 1.165) is 42.7 Å². The largest absolute Gasteiger partial charge is 0.464 e. The van der Waals surface area contributed by atoms with Gasteiger partial charge in [-0.1, -0.05) is 12.8 Å². The van der Waals surface area contributed by atoms with Crippen molar-refractivity contribution in [2.24, 2.45) is 0 Å². The third-order valence-electron chi connectivity index (χ3n) is 3.95. The van der Waals surface area contributed by atoms with Crippen LogP contribution in [0, 0.1) is 11.3 Å². The Morgan fingerprint density at radius 1 is 1.20 bits per heavy atom. The van der Waals surface area contributed by atoms with Crippen molar-refractivity contribution >= 4 is 5.82 Å². The second-order valence-electron chi connectivity index (χ2n) is 5.25. The van der Waals surface area contributed by atoms with Crippen LogP contribution in [0.25, 0.3) is 11.3 Å². The first kappa shape index (κ1) is 12.7. The summed E-state index contributed by atoms with van der Waals surface area (Å²) >= 11 is 0. The smallest absolute Gasteiger partial charge is 0.289 e. The van der Waals surface area contributed by atoms with Crippen molar-refractivity contribution in [1.82, 2.24) is 0 Å². The molecular formula is C16H18N3O+. The summed E-state index contributed by atoms with van der Waals surface area (Å²) in [4.78, 5) is 3.23. The Balaban J connectivity index is 2.25. The standard InChI is InChI=1S/C16H17N3O/c17-10-12-15(14-8-5-9-20-14)11-6-3-1-2-4-7-13(11)19-16(12)18/h5,8-9H,1-4,6-7H2,(H2,18,19)/p+1. The number of H-pyrrole nitrogens is 1. The first-order valence-electron chi connectivity index (χ1n) is 7.11. The third kappa shape index (κ3) is 2.16. The van der Waals surface area contributed by atoms with Gasteiger partial charge in [-0.2, -0.15) is 5.26 Å². The molecule has 1 aliphatic rings. The van der Waals surface area contributed by atoms with E-state index in [2.05, 4.69) is 11.1 Å². The van der Waals surface area contributed by atoms with Crippen LogP contribution in [0.1, 0.15) is 42.5 Å². The first-order valence-corrected chi connectivity index (χ1v) is 7.11. The minimum Gasteiger partial charge on any atom is -0.464 e. The molecule has 102 valence electrons. The number of hydrogen-bond donors (Lipinski definition) is 1. The van der Waals surface area contributed by atoms with Gasteiger partial charge in [-0.25, -0.2) is 4.98 Å². The summed E-state index contributed by atoms with van der Waals surface area (Å²) < 4.78 is 5.53. The third-order valence-corrected chi connectivity index (χ3v) is 3.95. The van der Waals surface area contributed by atoms with Crippen LogP contribution in [0.2, 0.25) is 0 Å². The van der Waals surface area contributed by atoms with E-state index < -0.39 is 0 Å². The number of hydrogen-bond acceptors (Lipinski definition) is 3. The molecule has 0 spiro atoms. The van der Waals surface area contributed by atoms with Crippen molar-refractivity contribution in [3.8, 4) is 17.4 Å². The minimum atomic E-state index is 0.443. The predicted octanol–water partition coefficient (Wildman–Crippen LogP) is 2.87. The number of fused-ring (bicyclic) bond motifs is 1. The number of nitrogen functional groups attached to an aromatic ring is 1. The molecule has 0 unspecified atom stereocenters.